The van der Waals surface area contributed by atoms with Crippen LogP contribution in [0.5, 0.6) is 11.5 Å². The summed E-state index contributed by atoms with van der Waals surface area (Å²) < 4.78 is 38.8. The molecule has 0 atom stereocenters. The van der Waals surface area contributed by atoms with E-state index < -0.39 is 14.9 Å². The van der Waals surface area contributed by atoms with Gasteiger partial charge in [0.25, 0.3) is 5.69 Å². The lowest BCUT2D eigenvalue weighted by molar-refractivity contribution is -0.384. The minimum absolute atomic E-state index is 0.0249. The van der Waals surface area contributed by atoms with Crippen molar-refractivity contribution >= 4 is 27.3 Å². The third-order valence-electron chi connectivity index (χ3n) is 5.70. The van der Waals surface area contributed by atoms with E-state index in [9.17, 15) is 23.3 Å². The van der Waals surface area contributed by atoms with Crippen molar-refractivity contribution < 1.29 is 27.6 Å². The normalized spacial score (nSPS) is 16.1. The number of nitrogens with one attached hydrogen (secondary N) is 1. The SMILES string of the molecule is O=C(CCNS(=O)(=O)c1ccc2c(c1)OCCCO2)N1CCN(c2cccc([N+](=O)[O-])c2)CC1. The maximum Gasteiger partial charge on any atom is 0.271 e. The summed E-state index contributed by atoms with van der Waals surface area (Å²) in [5.41, 5.74) is 0.765. The van der Waals surface area contributed by atoms with Crippen molar-refractivity contribution in [2.24, 2.45) is 0 Å². The fraction of sp³-hybridized carbons (Fsp3) is 0.409. The molecule has 0 radical (unpaired) electrons. The summed E-state index contributed by atoms with van der Waals surface area (Å²) in [6, 6.07) is 10.9. The molecule has 2 aliphatic heterocycles. The predicted molar refractivity (Wildman–Crippen MR) is 124 cm³/mol. The second kappa shape index (κ2) is 10.3. The lowest BCUT2D eigenvalue weighted by Gasteiger charge is -2.36. The van der Waals surface area contributed by atoms with Crippen molar-refractivity contribution in [1.82, 2.24) is 9.62 Å². The molecule has 1 saturated heterocycles. The lowest BCUT2D eigenvalue weighted by atomic mass is 10.2. The zero-order valence-electron chi connectivity index (χ0n) is 18.5. The van der Waals surface area contributed by atoms with Crippen LogP contribution in [0.3, 0.4) is 0 Å². The molecule has 0 bridgehead atoms. The van der Waals surface area contributed by atoms with Crippen molar-refractivity contribution in [1.29, 1.82) is 0 Å². The number of anilines is 1. The van der Waals surface area contributed by atoms with E-state index >= 15 is 0 Å². The number of amides is 1. The molecule has 1 amide bonds. The molecule has 0 saturated carbocycles. The third-order valence-corrected chi connectivity index (χ3v) is 7.16. The van der Waals surface area contributed by atoms with Crippen molar-refractivity contribution in [3.63, 3.8) is 0 Å². The van der Waals surface area contributed by atoms with Crippen LogP contribution in [0.2, 0.25) is 0 Å². The quantitative estimate of drug-likeness (QED) is 0.459. The molecule has 0 spiro atoms. The van der Waals surface area contributed by atoms with Crippen LogP contribution in [0.15, 0.2) is 47.4 Å². The molecule has 2 aliphatic rings. The Morgan fingerprint density at radius 1 is 1.03 bits per heavy atom. The van der Waals surface area contributed by atoms with Gasteiger partial charge in [-0.2, -0.15) is 0 Å². The lowest BCUT2D eigenvalue weighted by Crippen LogP contribution is -2.49. The van der Waals surface area contributed by atoms with Crippen LogP contribution < -0.4 is 19.1 Å². The second-order valence-electron chi connectivity index (χ2n) is 7.95. The maximum atomic E-state index is 12.6. The van der Waals surface area contributed by atoms with Crippen LogP contribution >= 0.6 is 0 Å². The molecule has 12 heteroatoms. The molecule has 1 fully saturated rings. The molecule has 182 valence electrons. The number of carbonyl (C=O) groups excluding carboxylic acids is 1. The largest absolute Gasteiger partial charge is 0.490 e. The number of benzene rings is 2. The van der Waals surface area contributed by atoms with Crippen molar-refractivity contribution in [3.05, 3.63) is 52.6 Å². The molecule has 0 unspecified atom stereocenters. The van der Waals surface area contributed by atoms with Gasteiger partial charge in [-0.15, -0.1) is 0 Å². The summed E-state index contributed by atoms with van der Waals surface area (Å²) in [5, 5.41) is 11.0. The molecule has 4 rings (SSSR count). The van der Waals surface area contributed by atoms with E-state index in [0.717, 1.165) is 12.1 Å². The Morgan fingerprint density at radius 3 is 2.50 bits per heavy atom. The molecule has 11 nitrogen and oxygen atoms in total. The van der Waals surface area contributed by atoms with Crippen LogP contribution in [0.25, 0.3) is 0 Å². The summed E-state index contributed by atoms with van der Waals surface area (Å²) >= 11 is 0. The average molecular weight is 491 g/mol. The number of piperazine rings is 1. The number of non-ortho nitro benzene ring substituents is 1. The second-order valence-corrected chi connectivity index (χ2v) is 9.72. The van der Waals surface area contributed by atoms with Crippen LogP contribution in [-0.4, -0.2) is 70.1 Å². The van der Waals surface area contributed by atoms with Gasteiger partial charge in [-0.25, -0.2) is 13.1 Å². The fourth-order valence-corrected chi connectivity index (χ4v) is 4.91. The van der Waals surface area contributed by atoms with Gasteiger partial charge in [0.05, 0.1) is 23.0 Å². The van der Waals surface area contributed by atoms with E-state index in [2.05, 4.69) is 4.72 Å². The van der Waals surface area contributed by atoms with E-state index in [0.29, 0.717) is 50.9 Å². The van der Waals surface area contributed by atoms with Gasteiger partial charge in [0.1, 0.15) is 0 Å². The summed E-state index contributed by atoms with van der Waals surface area (Å²) in [4.78, 5) is 26.9. The Bertz CT molecular complexity index is 1160. The predicted octanol–water partition coefficient (Wildman–Crippen LogP) is 1.77. The first-order chi connectivity index (χ1) is 16.3. The van der Waals surface area contributed by atoms with E-state index in [1.54, 1.807) is 23.1 Å². The van der Waals surface area contributed by atoms with Crippen LogP contribution in [0, 0.1) is 10.1 Å². The molecule has 0 aliphatic carbocycles. The summed E-state index contributed by atoms with van der Waals surface area (Å²) in [6.07, 6.45) is 0.747. The van der Waals surface area contributed by atoms with Crippen LogP contribution in [-0.2, 0) is 14.8 Å². The van der Waals surface area contributed by atoms with Gasteiger partial charge in [-0.1, -0.05) is 6.07 Å². The minimum atomic E-state index is -3.81. The number of fused-ring (bicyclic) bond motifs is 1. The molecule has 2 aromatic carbocycles. The van der Waals surface area contributed by atoms with Crippen molar-refractivity contribution in [2.75, 3.05) is 50.8 Å². The highest BCUT2D eigenvalue weighted by molar-refractivity contribution is 7.89. The Kier molecular flexibility index (Phi) is 7.17. The van der Waals surface area contributed by atoms with Crippen LogP contribution in [0.4, 0.5) is 11.4 Å². The van der Waals surface area contributed by atoms with Gasteiger partial charge in [-0.3, -0.25) is 14.9 Å². The summed E-state index contributed by atoms with van der Waals surface area (Å²) in [7, 11) is -3.81. The number of nitro groups is 1. The monoisotopic (exact) mass is 490 g/mol. The molecular weight excluding hydrogens is 464 g/mol. The zero-order chi connectivity index (χ0) is 24.1. The highest BCUT2D eigenvalue weighted by Gasteiger charge is 2.23. The molecule has 0 aromatic heterocycles. The molecule has 1 N–H and O–H groups in total. The Hall–Kier alpha value is -3.38. The summed E-state index contributed by atoms with van der Waals surface area (Å²) in [6.45, 7) is 2.92. The van der Waals surface area contributed by atoms with Gasteiger partial charge < -0.3 is 19.3 Å². The van der Waals surface area contributed by atoms with Gasteiger partial charge >= 0.3 is 0 Å². The van der Waals surface area contributed by atoms with Gasteiger partial charge in [0.2, 0.25) is 15.9 Å². The van der Waals surface area contributed by atoms with E-state index in [1.807, 2.05) is 4.90 Å². The van der Waals surface area contributed by atoms with Gasteiger partial charge in [0.15, 0.2) is 11.5 Å². The highest BCUT2D eigenvalue weighted by Crippen LogP contribution is 2.31. The molecule has 34 heavy (non-hydrogen) atoms. The number of rotatable bonds is 7. The minimum Gasteiger partial charge on any atom is -0.490 e. The van der Waals surface area contributed by atoms with Gasteiger partial charge in [-0.05, 0) is 18.2 Å². The number of hydrogen-bond donors (Lipinski definition) is 1. The third kappa shape index (κ3) is 5.57. The first kappa shape index (κ1) is 23.8. The van der Waals surface area contributed by atoms with E-state index in [1.165, 1.54) is 24.3 Å². The van der Waals surface area contributed by atoms with E-state index in [-0.39, 0.29) is 29.5 Å². The number of ether oxygens (including phenoxy) is 2. The maximum absolute atomic E-state index is 12.6. The van der Waals surface area contributed by atoms with Crippen molar-refractivity contribution in [2.45, 2.75) is 17.7 Å². The number of nitro benzene ring substituents is 1. The van der Waals surface area contributed by atoms with Gasteiger partial charge in [0, 0.05) is 69.5 Å². The van der Waals surface area contributed by atoms with Crippen LogP contribution in [0.1, 0.15) is 12.8 Å². The number of sulfonamides is 1. The first-order valence-corrected chi connectivity index (χ1v) is 12.5. The van der Waals surface area contributed by atoms with Crippen molar-refractivity contribution in [3.8, 4) is 11.5 Å². The van der Waals surface area contributed by atoms with E-state index in [4.69, 9.17) is 9.47 Å². The Labute approximate surface area is 197 Å². The first-order valence-electron chi connectivity index (χ1n) is 11.0. The number of hydrogen-bond acceptors (Lipinski definition) is 8. The zero-order valence-corrected chi connectivity index (χ0v) is 19.3. The topological polar surface area (TPSA) is 131 Å². The Morgan fingerprint density at radius 2 is 1.76 bits per heavy atom. The molecule has 2 aromatic rings. The number of nitrogens with zero attached hydrogens (tertiary/aromatic N) is 3. The Balaban J connectivity index is 1.27. The molecule has 2 heterocycles. The standard InChI is InChI=1S/C22H26N4O7S/c27-22(25-11-9-24(10-12-25)17-3-1-4-18(15-17)26(28)29)7-8-23-34(30,31)19-5-6-20-21(16-19)33-14-2-13-32-20/h1,3-6,15-16,23H,2,7-14H2. The fourth-order valence-electron chi connectivity index (χ4n) is 3.86. The smallest absolute Gasteiger partial charge is 0.271 e. The average Bonchev–Trinajstić information content (AvgIpc) is 3.09. The highest BCUT2D eigenvalue weighted by atomic mass is 32.2. The molecular formula is C22H26N4O7S. The summed E-state index contributed by atoms with van der Waals surface area (Å²) in [5.74, 6) is 0.744. The number of carbonyl (C=O) groups is 1.